The molecule has 3 aromatic rings. The van der Waals surface area contributed by atoms with Crippen LogP contribution in [0.4, 0.5) is 5.82 Å². The highest BCUT2D eigenvalue weighted by Crippen LogP contribution is 2.30. The minimum atomic E-state index is -0.0974. The maximum Gasteiger partial charge on any atom is 0.263 e. The first-order valence-corrected chi connectivity index (χ1v) is 9.81. The van der Waals surface area contributed by atoms with Crippen LogP contribution >= 0.6 is 0 Å². The number of amides is 1. The van der Waals surface area contributed by atoms with Crippen LogP contribution in [-0.4, -0.2) is 41.2 Å². The number of benzene rings is 1. The van der Waals surface area contributed by atoms with Crippen molar-refractivity contribution in [1.82, 2.24) is 20.4 Å². The standard InChI is InChI=1S/C21H25N5O3/c1-13-18-19(23-14(2)24-21(18)29-25-13)26-9-5-7-16(12-26)20(27)22-11-15-6-4-8-17(10-15)28-3/h4,6,8,10,16H,5,7,9,11-12H2,1-3H3,(H,22,27)/t16-/m1/s1. The molecule has 0 bridgehead atoms. The predicted octanol–water partition coefficient (Wildman–Crippen LogP) is 2.78. The van der Waals surface area contributed by atoms with Crippen molar-refractivity contribution >= 4 is 22.8 Å². The van der Waals surface area contributed by atoms with Crippen LogP contribution in [0.3, 0.4) is 0 Å². The van der Waals surface area contributed by atoms with Gasteiger partial charge in [-0.2, -0.15) is 4.98 Å². The molecule has 1 N–H and O–H groups in total. The molecule has 0 spiro atoms. The number of aromatic nitrogens is 3. The Kier molecular flexibility index (Phi) is 5.33. The molecule has 1 fully saturated rings. The highest BCUT2D eigenvalue weighted by Gasteiger charge is 2.28. The number of methoxy groups -OCH3 is 1. The van der Waals surface area contributed by atoms with Gasteiger partial charge in [0.25, 0.3) is 5.71 Å². The number of hydrogen-bond acceptors (Lipinski definition) is 7. The van der Waals surface area contributed by atoms with E-state index in [2.05, 4.69) is 25.3 Å². The maximum absolute atomic E-state index is 12.8. The number of nitrogens with one attached hydrogen (secondary N) is 1. The zero-order valence-corrected chi connectivity index (χ0v) is 16.9. The van der Waals surface area contributed by atoms with Crippen molar-refractivity contribution in [2.45, 2.75) is 33.2 Å². The molecule has 3 heterocycles. The number of carbonyl (C=O) groups excluding carboxylic acids is 1. The Morgan fingerprint density at radius 3 is 3.03 bits per heavy atom. The average Bonchev–Trinajstić information content (AvgIpc) is 3.12. The van der Waals surface area contributed by atoms with E-state index in [1.165, 1.54) is 0 Å². The Balaban J connectivity index is 1.47. The van der Waals surface area contributed by atoms with E-state index in [0.717, 1.165) is 47.6 Å². The zero-order valence-electron chi connectivity index (χ0n) is 16.9. The third kappa shape index (κ3) is 4.01. The van der Waals surface area contributed by atoms with Crippen molar-refractivity contribution in [3.63, 3.8) is 0 Å². The normalized spacial score (nSPS) is 16.8. The van der Waals surface area contributed by atoms with Gasteiger partial charge in [0.1, 0.15) is 22.8 Å². The van der Waals surface area contributed by atoms with Crippen LogP contribution in [0.1, 0.15) is 29.9 Å². The van der Waals surface area contributed by atoms with Crippen LogP contribution in [0, 0.1) is 19.8 Å². The molecule has 0 unspecified atom stereocenters. The SMILES string of the molecule is COc1cccc(CNC(=O)[C@@H]2CCCN(c3nc(C)nc4onc(C)c34)C2)c1. The number of fused-ring (bicyclic) bond motifs is 1. The molecule has 1 aromatic carbocycles. The molecule has 0 radical (unpaired) electrons. The van der Waals surface area contributed by atoms with Gasteiger partial charge in [-0.3, -0.25) is 4.79 Å². The minimum Gasteiger partial charge on any atom is -0.497 e. The van der Waals surface area contributed by atoms with E-state index in [1.807, 2.05) is 38.1 Å². The summed E-state index contributed by atoms with van der Waals surface area (Å²) < 4.78 is 10.6. The number of aryl methyl sites for hydroxylation is 2. The first-order valence-electron chi connectivity index (χ1n) is 9.81. The van der Waals surface area contributed by atoms with Crippen molar-refractivity contribution in [3.05, 3.63) is 41.3 Å². The van der Waals surface area contributed by atoms with E-state index >= 15 is 0 Å². The summed E-state index contributed by atoms with van der Waals surface area (Å²) in [6.45, 7) is 5.66. The van der Waals surface area contributed by atoms with Crippen molar-refractivity contribution in [3.8, 4) is 5.75 Å². The lowest BCUT2D eigenvalue weighted by atomic mass is 9.96. The Morgan fingerprint density at radius 2 is 2.21 bits per heavy atom. The number of piperidine rings is 1. The maximum atomic E-state index is 12.8. The van der Waals surface area contributed by atoms with Gasteiger partial charge < -0.3 is 19.5 Å². The predicted molar refractivity (Wildman–Crippen MR) is 109 cm³/mol. The van der Waals surface area contributed by atoms with Crippen molar-refractivity contribution in [2.24, 2.45) is 5.92 Å². The molecule has 1 amide bonds. The van der Waals surface area contributed by atoms with E-state index in [9.17, 15) is 4.79 Å². The van der Waals surface area contributed by atoms with E-state index < -0.39 is 0 Å². The lowest BCUT2D eigenvalue weighted by molar-refractivity contribution is -0.125. The second-order valence-electron chi connectivity index (χ2n) is 7.40. The summed E-state index contributed by atoms with van der Waals surface area (Å²) in [6, 6.07) is 7.72. The fourth-order valence-corrected chi connectivity index (χ4v) is 3.80. The van der Waals surface area contributed by atoms with Crippen molar-refractivity contribution in [1.29, 1.82) is 0 Å². The third-order valence-corrected chi connectivity index (χ3v) is 5.29. The number of ether oxygens (including phenoxy) is 1. The fraction of sp³-hybridized carbons (Fsp3) is 0.429. The summed E-state index contributed by atoms with van der Waals surface area (Å²) in [5.74, 6) is 2.18. The van der Waals surface area contributed by atoms with E-state index in [4.69, 9.17) is 9.26 Å². The molecule has 8 nitrogen and oxygen atoms in total. The molecule has 1 saturated heterocycles. The van der Waals surface area contributed by atoms with Gasteiger partial charge in [0.15, 0.2) is 0 Å². The lowest BCUT2D eigenvalue weighted by Crippen LogP contribution is -2.43. The molecular weight excluding hydrogens is 370 g/mol. The lowest BCUT2D eigenvalue weighted by Gasteiger charge is -2.33. The monoisotopic (exact) mass is 395 g/mol. The molecule has 2 aromatic heterocycles. The van der Waals surface area contributed by atoms with Crippen molar-refractivity contribution in [2.75, 3.05) is 25.1 Å². The fourth-order valence-electron chi connectivity index (χ4n) is 3.80. The molecule has 0 saturated carbocycles. The van der Waals surface area contributed by atoms with E-state index in [0.29, 0.717) is 24.6 Å². The topological polar surface area (TPSA) is 93.4 Å². The number of nitrogens with zero attached hydrogens (tertiary/aromatic N) is 4. The second-order valence-corrected chi connectivity index (χ2v) is 7.40. The van der Waals surface area contributed by atoms with Gasteiger partial charge >= 0.3 is 0 Å². The first kappa shape index (κ1) is 19.2. The van der Waals surface area contributed by atoms with Gasteiger partial charge in [0.05, 0.1) is 18.7 Å². The Hall–Kier alpha value is -3.16. The highest BCUT2D eigenvalue weighted by molar-refractivity contribution is 5.88. The van der Waals surface area contributed by atoms with Gasteiger partial charge in [-0.25, -0.2) is 4.98 Å². The molecule has 29 heavy (non-hydrogen) atoms. The molecule has 1 aliphatic heterocycles. The summed E-state index contributed by atoms with van der Waals surface area (Å²) in [5, 5.41) is 7.92. The molecule has 4 rings (SSSR count). The molecular formula is C21H25N5O3. The Labute approximate surface area is 169 Å². The van der Waals surface area contributed by atoms with Crippen LogP contribution in [0.2, 0.25) is 0 Å². The van der Waals surface area contributed by atoms with Gasteiger partial charge in [0, 0.05) is 19.6 Å². The van der Waals surface area contributed by atoms with Crippen LogP contribution in [0.25, 0.3) is 11.1 Å². The molecule has 1 atom stereocenters. The summed E-state index contributed by atoms with van der Waals surface area (Å²) in [7, 11) is 1.64. The van der Waals surface area contributed by atoms with Gasteiger partial charge in [-0.15, -0.1) is 0 Å². The van der Waals surface area contributed by atoms with Gasteiger partial charge in [-0.05, 0) is 44.4 Å². The van der Waals surface area contributed by atoms with Crippen LogP contribution in [-0.2, 0) is 11.3 Å². The van der Waals surface area contributed by atoms with Gasteiger partial charge in [-0.1, -0.05) is 17.3 Å². The van der Waals surface area contributed by atoms with Crippen molar-refractivity contribution < 1.29 is 14.1 Å². The summed E-state index contributed by atoms with van der Waals surface area (Å²) in [5.41, 5.74) is 2.27. The molecule has 152 valence electrons. The zero-order chi connectivity index (χ0) is 20.4. The number of rotatable bonds is 5. The Bertz CT molecular complexity index is 1030. The second kappa shape index (κ2) is 8.06. The van der Waals surface area contributed by atoms with Crippen LogP contribution < -0.4 is 15.0 Å². The van der Waals surface area contributed by atoms with Crippen LogP contribution in [0.5, 0.6) is 5.75 Å². The summed E-state index contributed by atoms with van der Waals surface area (Å²) in [6.07, 6.45) is 1.78. The number of carbonyl (C=O) groups is 1. The summed E-state index contributed by atoms with van der Waals surface area (Å²) in [4.78, 5) is 23.9. The largest absolute Gasteiger partial charge is 0.497 e. The third-order valence-electron chi connectivity index (χ3n) is 5.29. The summed E-state index contributed by atoms with van der Waals surface area (Å²) >= 11 is 0. The quantitative estimate of drug-likeness (QED) is 0.710. The Morgan fingerprint density at radius 1 is 1.34 bits per heavy atom. The average molecular weight is 395 g/mol. The van der Waals surface area contributed by atoms with E-state index in [-0.39, 0.29) is 11.8 Å². The highest BCUT2D eigenvalue weighted by atomic mass is 16.5. The van der Waals surface area contributed by atoms with E-state index in [1.54, 1.807) is 7.11 Å². The minimum absolute atomic E-state index is 0.0570. The van der Waals surface area contributed by atoms with Gasteiger partial charge in [0.2, 0.25) is 5.91 Å². The smallest absolute Gasteiger partial charge is 0.263 e. The molecule has 8 heteroatoms. The number of anilines is 1. The molecule has 1 aliphatic rings. The first-order chi connectivity index (χ1) is 14.0. The number of hydrogen-bond donors (Lipinski definition) is 1. The van der Waals surface area contributed by atoms with Crippen LogP contribution in [0.15, 0.2) is 28.8 Å². The molecule has 0 aliphatic carbocycles.